The van der Waals surface area contributed by atoms with Crippen molar-refractivity contribution in [3.63, 3.8) is 0 Å². The highest BCUT2D eigenvalue weighted by Crippen LogP contribution is 2.38. The molecular formula is C16H23N7OS. The highest BCUT2D eigenvalue weighted by molar-refractivity contribution is 7.09. The average molecular weight is 361 g/mol. The quantitative estimate of drug-likeness (QED) is 0.824. The molecule has 8 nitrogen and oxygen atoms in total. The van der Waals surface area contributed by atoms with Gasteiger partial charge in [0.2, 0.25) is 11.1 Å². The molecule has 1 atom stereocenters. The molecule has 9 heteroatoms. The zero-order valence-electron chi connectivity index (χ0n) is 14.5. The average Bonchev–Trinajstić information content (AvgIpc) is 3.19. The van der Waals surface area contributed by atoms with E-state index in [1.165, 1.54) is 11.5 Å². The number of aromatic nitrogens is 4. The molecule has 134 valence electrons. The molecule has 1 aliphatic carbocycles. The smallest absolute Gasteiger partial charge is 0.238 e. The predicted octanol–water partition coefficient (Wildman–Crippen LogP) is 1.32. The van der Waals surface area contributed by atoms with Gasteiger partial charge in [-0.15, -0.1) is 0 Å². The lowest BCUT2D eigenvalue weighted by Gasteiger charge is -2.35. The zero-order valence-corrected chi connectivity index (χ0v) is 15.3. The first-order chi connectivity index (χ1) is 12.1. The SMILES string of the molecule is CN(C)c1nsc(NC2CC(c3cc(N4CC[C@@H](O)C4)ncn3)C2)n1. The van der Waals surface area contributed by atoms with Gasteiger partial charge in [-0.3, -0.25) is 0 Å². The van der Waals surface area contributed by atoms with Gasteiger partial charge in [0.05, 0.1) is 6.10 Å². The maximum atomic E-state index is 9.70. The molecule has 0 unspecified atom stereocenters. The summed E-state index contributed by atoms with van der Waals surface area (Å²) in [6, 6.07) is 2.49. The Morgan fingerprint density at radius 2 is 2.16 bits per heavy atom. The molecule has 0 radical (unpaired) electrons. The monoisotopic (exact) mass is 361 g/mol. The number of nitrogens with one attached hydrogen (secondary N) is 1. The molecule has 3 heterocycles. The third-order valence-corrected chi connectivity index (χ3v) is 5.50. The fourth-order valence-corrected chi connectivity index (χ4v) is 4.03. The fraction of sp³-hybridized carbons (Fsp3) is 0.625. The molecule has 2 aromatic rings. The maximum absolute atomic E-state index is 9.70. The van der Waals surface area contributed by atoms with Gasteiger partial charge in [0.25, 0.3) is 0 Å². The molecule has 2 N–H and O–H groups in total. The van der Waals surface area contributed by atoms with E-state index in [0.29, 0.717) is 18.5 Å². The maximum Gasteiger partial charge on any atom is 0.238 e. The van der Waals surface area contributed by atoms with Crippen molar-refractivity contribution in [2.45, 2.75) is 37.3 Å². The van der Waals surface area contributed by atoms with Crippen molar-refractivity contribution < 1.29 is 5.11 Å². The summed E-state index contributed by atoms with van der Waals surface area (Å²) in [5.74, 6) is 2.13. The predicted molar refractivity (Wildman–Crippen MR) is 98.5 cm³/mol. The minimum atomic E-state index is -0.241. The number of rotatable bonds is 5. The van der Waals surface area contributed by atoms with Crippen LogP contribution in [-0.2, 0) is 0 Å². The lowest BCUT2D eigenvalue weighted by Crippen LogP contribution is -2.34. The van der Waals surface area contributed by atoms with E-state index in [1.54, 1.807) is 6.33 Å². The molecule has 25 heavy (non-hydrogen) atoms. The molecule has 2 fully saturated rings. The van der Waals surface area contributed by atoms with Gasteiger partial charge in [-0.2, -0.15) is 9.36 Å². The summed E-state index contributed by atoms with van der Waals surface area (Å²) >= 11 is 1.40. The number of nitrogens with zero attached hydrogens (tertiary/aromatic N) is 6. The van der Waals surface area contributed by atoms with Crippen molar-refractivity contribution >= 4 is 28.4 Å². The van der Waals surface area contributed by atoms with E-state index in [1.807, 2.05) is 19.0 Å². The third-order valence-electron chi connectivity index (χ3n) is 4.86. The Labute approximate surface area is 151 Å². The molecule has 4 rings (SSSR count). The van der Waals surface area contributed by atoms with Crippen molar-refractivity contribution in [2.24, 2.45) is 0 Å². The fourth-order valence-electron chi connectivity index (χ4n) is 3.32. The summed E-state index contributed by atoms with van der Waals surface area (Å²) in [7, 11) is 3.88. The summed E-state index contributed by atoms with van der Waals surface area (Å²) < 4.78 is 4.31. The Bertz CT molecular complexity index is 731. The van der Waals surface area contributed by atoms with Gasteiger partial charge in [0.15, 0.2) is 0 Å². The van der Waals surface area contributed by atoms with Crippen LogP contribution < -0.4 is 15.1 Å². The Balaban J connectivity index is 1.34. The van der Waals surface area contributed by atoms with Crippen LogP contribution >= 0.6 is 11.5 Å². The van der Waals surface area contributed by atoms with Gasteiger partial charge >= 0.3 is 0 Å². The lowest BCUT2D eigenvalue weighted by atomic mass is 9.78. The minimum Gasteiger partial charge on any atom is -0.391 e. The molecule has 2 aromatic heterocycles. The van der Waals surface area contributed by atoms with Gasteiger partial charge in [-0.25, -0.2) is 9.97 Å². The Morgan fingerprint density at radius 3 is 2.84 bits per heavy atom. The van der Waals surface area contributed by atoms with Crippen molar-refractivity contribution in [1.29, 1.82) is 0 Å². The third kappa shape index (κ3) is 3.52. The number of hydrogen-bond acceptors (Lipinski definition) is 9. The van der Waals surface area contributed by atoms with Crippen LogP contribution in [0.2, 0.25) is 0 Å². The highest BCUT2D eigenvalue weighted by atomic mass is 32.1. The van der Waals surface area contributed by atoms with Crippen LogP contribution in [0, 0.1) is 0 Å². The molecular weight excluding hydrogens is 338 g/mol. The molecule has 1 aliphatic heterocycles. The van der Waals surface area contributed by atoms with Crippen LogP contribution in [0.15, 0.2) is 12.4 Å². The molecule has 0 amide bonds. The first kappa shape index (κ1) is 16.5. The number of aliphatic hydroxyl groups is 1. The van der Waals surface area contributed by atoms with Gasteiger partial charge < -0.3 is 20.2 Å². The van der Waals surface area contributed by atoms with Crippen molar-refractivity contribution in [3.05, 3.63) is 18.1 Å². The van der Waals surface area contributed by atoms with Crippen LogP contribution in [0.25, 0.3) is 0 Å². The van der Waals surface area contributed by atoms with E-state index < -0.39 is 0 Å². The summed E-state index contributed by atoms with van der Waals surface area (Å²) in [6.45, 7) is 1.52. The molecule has 2 aliphatic rings. The Hall–Kier alpha value is -2.00. The summed E-state index contributed by atoms with van der Waals surface area (Å²) in [4.78, 5) is 17.3. The van der Waals surface area contributed by atoms with Crippen LogP contribution in [-0.4, -0.2) is 63.8 Å². The van der Waals surface area contributed by atoms with E-state index in [2.05, 4.69) is 35.6 Å². The van der Waals surface area contributed by atoms with Crippen molar-refractivity contribution in [1.82, 2.24) is 19.3 Å². The summed E-state index contributed by atoms with van der Waals surface area (Å²) in [6.07, 6.45) is 4.29. The summed E-state index contributed by atoms with van der Waals surface area (Å²) in [5, 5.41) is 14.0. The highest BCUT2D eigenvalue weighted by Gasteiger charge is 2.33. The second kappa shape index (κ2) is 6.72. The molecule has 1 saturated heterocycles. The normalized spacial score (nSPS) is 25.7. The molecule has 0 spiro atoms. The first-order valence-corrected chi connectivity index (χ1v) is 9.38. The van der Waals surface area contributed by atoms with Gasteiger partial charge in [-0.05, 0) is 19.3 Å². The topological polar surface area (TPSA) is 90.3 Å². The van der Waals surface area contributed by atoms with Gasteiger partial charge in [0, 0.05) is 62.4 Å². The van der Waals surface area contributed by atoms with Crippen LogP contribution in [0.5, 0.6) is 0 Å². The van der Waals surface area contributed by atoms with Gasteiger partial charge in [-0.1, -0.05) is 0 Å². The van der Waals surface area contributed by atoms with Crippen molar-refractivity contribution in [2.75, 3.05) is 42.3 Å². The number of aliphatic hydroxyl groups excluding tert-OH is 1. The van der Waals surface area contributed by atoms with E-state index in [0.717, 1.165) is 48.4 Å². The van der Waals surface area contributed by atoms with E-state index in [-0.39, 0.29) is 6.10 Å². The van der Waals surface area contributed by atoms with Gasteiger partial charge in [0.1, 0.15) is 12.1 Å². The van der Waals surface area contributed by atoms with E-state index in [9.17, 15) is 5.11 Å². The number of hydrogen-bond donors (Lipinski definition) is 2. The Kier molecular flexibility index (Phi) is 4.43. The number of anilines is 3. The Morgan fingerprint density at radius 1 is 1.32 bits per heavy atom. The second-order valence-corrected chi connectivity index (χ2v) is 7.74. The molecule has 0 bridgehead atoms. The van der Waals surface area contributed by atoms with Crippen LogP contribution in [0.4, 0.5) is 16.9 Å². The van der Waals surface area contributed by atoms with E-state index >= 15 is 0 Å². The van der Waals surface area contributed by atoms with Crippen LogP contribution in [0.1, 0.15) is 30.9 Å². The van der Waals surface area contributed by atoms with Crippen molar-refractivity contribution in [3.8, 4) is 0 Å². The van der Waals surface area contributed by atoms with E-state index in [4.69, 9.17) is 0 Å². The number of β-amino-alcohol motifs (C(OH)–C–C–N with tert-alkyl or cyclic N) is 1. The zero-order chi connectivity index (χ0) is 17.4. The largest absolute Gasteiger partial charge is 0.391 e. The first-order valence-electron chi connectivity index (χ1n) is 8.61. The summed E-state index contributed by atoms with van der Waals surface area (Å²) in [5.41, 5.74) is 1.09. The molecule has 0 aromatic carbocycles. The standard InChI is InChI=1S/C16H23N7OS/c1-22(2)15-20-16(25-21-15)19-11-5-10(6-11)13-7-14(18-9-17-13)23-4-3-12(24)8-23/h7,9-12,24H,3-6,8H2,1-2H3,(H,19,20,21)/t10?,11?,12-/m1/s1. The lowest BCUT2D eigenvalue weighted by molar-refractivity contribution is 0.198. The molecule has 1 saturated carbocycles. The minimum absolute atomic E-state index is 0.241. The van der Waals surface area contributed by atoms with Crippen LogP contribution in [0.3, 0.4) is 0 Å². The second-order valence-electron chi connectivity index (χ2n) is 6.99.